The lowest BCUT2D eigenvalue weighted by Gasteiger charge is -2.22. The topological polar surface area (TPSA) is 38.0 Å². The molecule has 72 valence electrons. The molecule has 2 nitrogen and oxygen atoms in total. The number of nitrogens with two attached hydrogens (primary N) is 1. The van der Waals surface area contributed by atoms with Crippen molar-refractivity contribution < 1.29 is 0 Å². The molecule has 0 spiro atoms. The summed E-state index contributed by atoms with van der Waals surface area (Å²) in [5.41, 5.74) is 2.98. The number of rotatable bonds is 5. The van der Waals surface area contributed by atoms with E-state index in [-0.39, 0.29) is 0 Å². The maximum Gasteiger partial charge on any atom is 0.0267 e. The lowest BCUT2D eigenvalue weighted by atomic mass is 9.93. The van der Waals surface area contributed by atoms with Crippen LogP contribution in [0, 0.1) is 17.8 Å². The molecule has 1 fully saturated rings. The third kappa shape index (κ3) is 2.20. The Balaban J connectivity index is 2.33. The van der Waals surface area contributed by atoms with Gasteiger partial charge in [-0.05, 0) is 30.6 Å². The van der Waals surface area contributed by atoms with Crippen LogP contribution in [-0.4, -0.2) is 6.04 Å². The minimum Gasteiger partial charge on any atom is -0.271 e. The zero-order chi connectivity index (χ0) is 9.14. The molecule has 12 heavy (non-hydrogen) atoms. The van der Waals surface area contributed by atoms with Gasteiger partial charge >= 0.3 is 0 Å². The lowest BCUT2D eigenvalue weighted by Crippen LogP contribution is -2.42. The smallest absolute Gasteiger partial charge is 0.0267 e. The van der Waals surface area contributed by atoms with E-state index in [0.29, 0.717) is 6.04 Å². The molecule has 0 aromatic carbocycles. The molecule has 4 atom stereocenters. The third-order valence-electron chi connectivity index (χ3n) is 3.18. The lowest BCUT2D eigenvalue weighted by molar-refractivity contribution is 0.317. The highest BCUT2D eigenvalue weighted by Gasteiger charge is 2.40. The number of hydrogen-bond acceptors (Lipinski definition) is 2. The van der Waals surface area contributed by atoms with Crippen molar-refractivity contribution in [3.63, 3.8) is 0 Å². The maximum atomic E-state index is 5.56. The molecule has 4 unspecified atom stereocenters. The fraction of sp³-hybridized carbons (Fsp3) is 1.00. The quantitative estimate of drug-likeness (QED) is 0.488. The first-order valence-corrected chi connectivity index (χ1v) is 5.16. The molecule has 0 radical (unpaired) electrons. The normalized spacial score (nSPS) is 33.0. The first-order chi connectivity index (χ1) is 5.70. The van der Waals surface area contributed by atoms with Crippen LogP contribution in [0.25, 0.3) is 0 Å². The summed E-state index contributed by atoms with van der Waals surface area (Å²) in [5, 5.41) is 0. The molecule has 0 saturated heterocycles. The van der Waals surface area contributed by atoms with Crippen LogP contribution >= 0.6 is 0 Å². The second-order valence-corrected chi connectivity index (χ2v) is 4.34. The molecule has 0 aliphatic heterocycles. The van der Waals surface area contributed by atoms with Gasteiger partial charge in [0.15, 0.2) is 0 Å². The average Bonchev–Trinajstić information content (AvgIpc) is 2.69. The summed E-state index contributed by atoms with van der Waals surface area (Å²) in [6, 6.07) is 0.556. The molecule has 1 saturated carbocycles. The second kappa shape index (κ2) is 4.24. The Kier molecular flexibility index (Phi) is 3.53. The molecule has 2 heteroatoms. The molecule has 0 heterocycles. The van der Waals surface area contributed by atoms with Gasteiger partial charge in [-0.15, -0.1) is 0 Å². The predicted octanol–water partition coefficient (Wildman–Crippen LogP) is 1.91. The van der Waals surface area contributed by atoms with Crippen molar-refractivity contribution in [2.75, 3.05) is 0 Å². The van der Waals surface area contributed by atoms with Crippen molar-refractivity contribution in [1.29, 1.82) is 0 Å². The summed E-state index contributed by atoms with van der Waals surface area (Å²) in [5.74, 6) is 8.03. The van der Waals surface area contributed by atoms with Crippen molar-refractivity contribution in [3.05, 3.63) is 0 Å². The molecule has 1 aliphatic rings. The van der Waals surface area contributed by atoms with Crippen LogP contribution in [0.5, 0.6) is 0 Å². The predicted molar refractivity (Wildman–Crippen MR) is 52.5 cm³/mol. The standard InChI is InChI=1S/C10H22N2/c1-4-5-7(2)10(12-11)9-6-8(9)3/h7-10,12H,4-6,11H2,1-3H3. The summed E-state index contributed by atoms with van der Waals surface area (Å²) in [6.45, 7) is 6.85. The molecule has 0 aromatic heterocycles. The van der Waals surface area contributed by atoms with Crippen LogP contribution < -0.4 is 11.3 Å². The van der Waals surface area contributed by atoms with E-state index in [1.807, 2.05) is 0 Å². The largest absolute Gasteiger partial charge is 0.271 e. The Morgan fingerprint density at radius 2 is 2.17 bits per heavy atom. The van der Waals surface area contributed by atoms with E-state index in [1.165, 1.54) is 19.3 Å². The summed E-state index contributed by atoms with van der Waals surface area (Å²) < 4.78 is 0. The van der Waals surface area contributed by atoms with Crippen LogP contribution in [0.2, 0.25) is 0 Å². The molecule has 0 bridgehead atoms. The van der Waals surface area contributed by atoms with E-state index in [0.717, 1.165) is 17.8 Å². The molecule has 0 aromatic rings. The van der Waals surface area contributed by atoms with Gasteiger partial charge in [-0.2, -0.15) is 0 Å². The highest BCUT2D eigenvalue weighted by Crippen LogP contribution is 2.43. The van der Waals surface area contributed by atoms with E-state index in [9.17, 15) is 0 Å². The minimum atomic E-state index is 0.556. The van der Waals surface area contributed by atoms with Crippen molar-refractivity contribution >= 4 is 0 Å². The van der Waals surface area contributed by atoms with Gasteiger partial charge in [-0.3, -0.25) is 11.3 Å². The van der Waals surface area contributed by atoms with Crippen molar-refractivity contribution in [2.24, 2.45) is 23.6 Å². The molecule has 0 amide bonds. The molecule has 1 aliphatic carbocycles. The minimum absolute atomic E-state index is 0.556. The van der Waals surface area contributed by atoms with Gasteiger partial charge in [0, 0.05) is 6.04 Å². The first kappa shape index (κ1) is 10.0. The Labute approximate surface area is 75.9 Å². The van der Waals surface area contributed by atoms with Gasteiger partial charge in [-0.1, -0.05) is 27.2 Å². The van der Waals surface area contributed by atoms with Gasteiger partial charge in [-0.25, -0.2) is 0 Å². The van der Waals surface area contributed by atoms with Crippen LogP contribution in [0.4, 0.5) is 0 Å². The van der Waals surface area contributed by atoms with Gasteiger partial charge < -0.3 is 0 Å². The Bertz CT molecular complexity index is 136. The van der Waals surface area contributed by atoms with Crippen molar-refractivity contribution in [2.45, 2.75) is 46.1 Å². The third-order valence-corrected chi connectivity index (χ3v) is 3.18. The highest BCUT2D eigenvalue weighted by atomic mass is 15.2. The molecule has 1 rings (SSSR count). The zero-order valence-corrected chi connectivity index (χ0v) is 8.51. The van der Waals surface area contributed by atoms with Gasteiger partial charge in [0.2, 0.25) is 0 Å². The van der Waals surface area contributed by atoms with Crippen LogP contribution in [0.3, 0.4) is 0 Å². The summed E-state index contributed by atoms with van der Waals surface area (Å²) in [4.78, 5) is 0. The number of hydrogen-bond donors (Lipinski definition) is 2. The van der Waals surface area contributed by atoms with E-state index in [1.54, 1.807) is 0 Å². The fourth-order valence-electron chi connectivity index (χ4n) is 2.20. The van der Waals surface area contributed by atoms with E-state index >= 15 is 0 Å². The van der Waals surface area contributed by atoms with Crippen molar-refractivity contribution in [3.8, 4) is 0 Å². The van der Waals surface area contributed by atoms with Gasteiger partial charge in [0.05, 0.1) is 0 Å². The molecular formula is C10H22N2. The van der Waals surface area contributed by atoms with Crippen molar-refractivity contribution in [1.82, 2.24) is 5.43 Å². The van der Waals surface area contributed by atoms with Gasteiger partial charge in [0.25, 0.3) is 0 Å². The van der Waals surface area contributed by atoms with Crippen LogP contribution in [0.15, 0.2) is 0 Å². The molecule has 3 N–H and O–H groups in total. The van der Waals surface area contributed by atoms with Crippen LogP contribution in [-0.2, 0) is 0 Å². The Hall–Kier alpha value is -0.0800. The summed E-state index contributed by atoms with van der Waals surface area (Å²) in [6.07, 6.45) is 3.92. The zero-order valence-electron chi connectivity index (χ0n) is 8.51. The van der Waals surface area contributed by atoms with E-state index < -0.39 is 0 Å². The molecular weight excluding hydrogens is 148 g/mol. The second-order valence-electron chi connectivity index (χ2n) is 4.34. The Morgan fingerprint density at radius 3 is 2.50 bits per heavy atom. The van der Waals surface area contributed by atoms with E-state index in [4.69, 9.17) is 5.84 Å². The maximum absolute atomic E-state index is 5.56. The van der Waals surface area contributed by atoms with Crippen LogP contribution in [0.1, 0.15) is 40.0 Å². The Morgan fingerprint density at radius 1 is 1.58 bits per heavy atom. The average molecular weight is 170 g/mol. The first-order valence-electron chi connectivity index (χ1n) is 5.16. The van der Waals surface area contributed by atoms with E-state index in [2.05, 4.69) is 26.2 Å². The monoisotopic (exact) mass is 170 g/mol. The SMILES string of the molecule is CCCC(C)C(NN)C1CC1C. The fourth-order valence-corrected chi connectivity index (χ4v) is 2.20. The number of hydrazine groups is 1. The number of nitrogens with one attached hydrogen (secondary N) is 1. The summed E-state index contributed by atoms with van der Waals surface area (Å²) in [7, 11) is 0. The van der Waals surface area contributed by atoms with Gasteiger partial charge in [0.1, 0.15) is 0 Å². The summed E-state index contributed by atoms with van der Waals surface area (Å²) >= 11 is 0. The highest BCUT2D eigenvalue weighted by molar-refractivity contribution is 4.93.